The second-order valence-corrected chi connectivity index (χ2v) is 36.4. The summed E-state index contributed by atoms with van der Waals surface area (Å²) in [6.07, 6.45) is 41.7. The lowest BCUT2D eigenvalue weighted by Gasteiger charge is -2.45. The summed E-state index contributed by atoms with van der Waals surface area (Å²) in [5.74, 6) is 17.2. The van der Waals surface area contributed by atoms with Crippen LogP contribution in [0.1, 0.15) is 273 Å². The molecule has 0 radical (unpaired) electrons. The van der Waals surface area contributed by atoms with E-state index in [1.54, 1.807) is 0 Å². The summed E-state index contributed by atoms with van der Waals surface area (Å²) in [6, 6.07) is 0. The van der Waals surface area contributed by atoms with Gasteiger partial charge in [0.25, 0.3) is 0 Å². The van der Waals surface area contributed by atoms with Crippen LogP contribution < -0.4 is 0 Å². The van der Waals surface area contributed by atoms with Crippen molar-refractivity contribution in [3.8, 4) is 0 Å². The topological polar surface area (TPSA) is 142 Å². The highest BCUT2D eigenvalue weighted by Gasteiger charge is 2.42. The summed E-state index contributed by atoms with van der Waals surface area (Å²) in [7, 11) is 0. The first-order chi connectivity index (χ1) is 41.9. The van der Waals surface area contributed by atoms with Crippen LogP contribution in [0.15, 0.2) is 0 Å². The van der Waals surface area contributed by atoms with E-state index < -0.39 is 0 Å². The molecule has 2 aliphatic rings. The predicted octanol–water partition coefficient (Wildman–Crippen LogP) is 19.0. The monoisotopic (exact) mass is 1340 g/mol. The Bertz CT molecular complexity index is 1440. The van der Waals surface area contributed by atoms with Gasteiger partial charge >= 0.3 is 0 Å². The van der Waals surface area contributed by atoms with Crippen LogP contribution in [0.5, 0.6) is 0 Å². The minimum Gasteiger partial charge on any atom is -0.396 e. The molecule has 86 heavy (non-hydrogen) atoms. The van der Waals surface area contributed by atoms with Gasteiger partial charge in [0.05, 0.1) is 6.10 Å². The molecule has 14 atom stereocenters. The molecular weight excluding hydrogens is 1200 g/mol. The molecule has 0 bridgehead atoms. The van der Waals surface area contributed by atoms with Gasteiger partial charge < -0.3 is 35.7 Å². The van der Waals surface area contributed by atoms with Gasteiger partial charge in [0.1, 0.15) is 0 Å². The molecule has 0 amide bonds. The molecule has 0 spiro atoms. The average Bonchev–Trinajstić information content (AvgIpc) is 2.42. The van der Waals surface area contributed by atoms with E-state index in [2.05, 4.69) is 124 Å². The Morgan fingerprint density at radius 3 is 1.42 bits per heavy atom. The van der Waals surface area contributed by atoms with E-state index in [-0.39, 0.29) is 18.6 Å². The lowest BCUT2D eigenvalue weighted by atomic mass is 9.71. The molecule has 14 heteroatoms. The number of aliphatic hydroxyl groups is 7. The molecule has 0 heterocycles. The highest BCUT2D eigenvalue weighted by atomic mass is 32.2. The van der Waals surface area contributed by atoms with Gasteiger partial charge in [0.2, 0.25) is 0 Å². The molecule has 514 valence electrons. The summed E-state index contributed by atoms with van der Waals surface area (Å²) in [5.41, 5.74) is 0. The summed E-state index contributed by atoms with van der Waals surface area (Å²) in [4.78, 5) is 0. The number of hydrogen-bond donors (Lipinski definition) is 7. The third-order valence-corrected chi connectivity index (χ3v) is 30.3. The average molecular weight is 1340 g/mol. The number of hydrogen-bond acceptors (Lipinski definition) is 14. The zero-order chi connectivity index (χ0) is 62.7. The Kier molecular flexibility index (Phi) is 57.3. The Balaban J connectivity index is 1.99. The maximum Gasteiger partial charge on any atom is 0.0569 e. The predicted molar refractivity (Wildman–Crippen MR) is 396 cm³/mol. The lowest BCUT2D eigenvalue weighted by molar-refractivity contribution is 0.0745. The first-order valence-corrected chi connectivity index (χ1v) is 44.1. The fourth-order valence-electron chi connectivity index (χ4n) is 13.8. The third-order valence-electron chi connectivity index (χ3n) is 19.7. The van der Waals surface area contributed by atoms with Crippen LogP contribution in [-0.4, -0.2) is 160 Å². The number of aliphatic hydroxyl groups excluding tert-OH is 7. The first-order valence-electron chi connectivity index (χ1n) is 36.5. The van der Waals surface area contributed by atoms with Gasteiger partial charge in [-0.3, -0.25) is 0 Å². The maximum absolute atomic E-state index is 11.6. The molecule has 7 nitrogen and oxygen atoms in total. The molecule has 0 saturated heterocycles. The van der Waals surface area contributed by atoms with Gasteiger partial charge in [0, 0.05) is 65.9 Å². The smallest absolute Gasteiger partial charge is 0.0569 e. The number of rotatable bonds is 62. The van der Waals surface area contributed by atoms with Crippen LogP contribution in [-0.2, 0) is 0 Å². The van der Waals surface area contributed by atoms with Crippen molar-refractivity contribution in [2.24, 2.45) is 53.3 Å². The van der Waals surface area contributed by atoms with Crippen molar-refractivity contribution in [3.63, 3.8) is 0 Å². The van der Waals surface area contributed by atoms with Crippen LogP contribution in [0.25, 0.3) is 0 Å². The van der Waals surface area contributed by atoms with E-state index in [1.165, 1.54) is 181 Å². The van der Waals surface area contributed by atoms with Crippen molar-refractivity contribution in [1.82, 2.24) is 0 Å². The van der Waals surface area contributed by atoms with Crippen LogP contribution >= 0.6 is 82.3 Å². The van der Waals surface area contributed by atoms with Gasteiger partial charge in [-0.25, -0.2) is 0 Å². The molecule has 7 N–H and O–H groups in total. The van der Waals surface area contributed by atoms with Crippen molar-refractivity contribution >= 4 is 82.3 Å². The summed E-state index contributed by atoms with van der Waals surface area (Å²) < 4.78 is 0. The molecule has 2 rings (SSSR count). The summed E-state index contributed by atoms with van der Waals surface area (Å²) in [5, 5.41) is 71.8. The van der Waals surface area contributed by atoms with E-state index in [0.29, 0.717) is 56.5 Å². The van der Waals surface area contributed by atoms with Crippen molar-refractivity contribution in [2.75, 3.05) is 91.4 Å². The standard InChI is InChI=1S/C72H142O7S7/c1-58(2)68(82-49-26-13-8-20-42-74)38-36-63(40-54-80-47-24-12-7-19-41-73)57-81-48-25-17-18-32-67(79)64(39-46-78)31-30-53-84-70-55-62(6)69(83-50-27-14-9-21-43-75)56-66(70)60(4)34-33-59(3)65-37-35-61(5)71(85-51-28-15-10-22-44-76)72(65)86-52-29-16-11-23-45-77/h58-79H,7-57H2,1-6H3. The quantitative estimate of drug-likeness (QED) is 0.0291. The Morgan fingerprint density at radius 1 is 0.360 bits per heavy atom. The van der Waals surface area contributed by atoms with Gasteiger partial charge in [-0.05, 0) is 246 Å². The minimum atomic E-state index is -0.326. The zero-order valence-corrected chi connectivity index (χ0v) is 62.4. The highest BCUT2D eigenvalue weighted by Crippen LogP contribution is 2.49. The first kappa shape index (κ1) is 84.3. The van der Waals surface area contributed by atoms with Crippen molar-refractivity contribution in [1.29, 1.82) is 0 Å². The summed E-state index contributed by atoms with van der Waals surface area (Å²) >= 11 is 15.6. The van der Waals surface area contributed by atoms with Gasteiger partial charge in [-0.1, -0.05) is 131 Å². The number of unbranched alkanes of at least 4 members (excludes halogenated alkanes) is 17. The van der Waals surface area contributed by atoms with Gasteiger partial charge in [-0.15, -0.1) is 0 Å². The molecule has 14 unspecified atom stereocenters. The SMILES string of the molecule is CC(C)C(CCC(CCSCCCCCCO)CSCCCCCC(O)C(CCO)CCCSC1CC(C)C(SCCCCCCO)CC1C(C)CCC(C)C1CCC(C)C(SCCCCCCO)C1SCCCCCCO)SCCCCCCO. The zero-order valence-electron chi connectivity index (χ0n) is 56.7. The van der Waals surface area contributed by atoms with Crippen molar-refractivity contribution in [2.45, 2.75) is 305 Å². The second-order valence-electron chi connectivity index (χ2n) is 27.4. The molecule has 0 aromatic heterocycles. The Labute approximate surface area is 563 Å². The van der Waals surface area contributed by atoms with E-state index >= 15 is 0 Å². The molecule has 0 aliphatic heterocycles. The largest absolute Gasteiger partial charge is 0.396 e. The van der Waals surface area contributed by atoms with Crippen LogP contribution in [0.2, 0.25) is 0 Å². The molecule has 2 fully saturated rings. The molecular formula is C72H142O7S7. The molecule has 0 aromatic rings. The van der Waals surface area contributed by atoms with Gasteiger partial charge in [0.15, 0.2) is 0 Å². The Morgan fingerprint density at radius 2 is 0.849 bits per heavy atom. The van der Waals surface area contributed by atoms with Crippen LogP contribution in [0, 0.1) is 53.3 Å². The highest BCUT2D eigenvalue weighted by molar-refractivity contribution is 8.03. The van der Waals surface area contributed by atoms with E-state index in [9.17, 15) is 30.6 Å². The van der Waals surface area contributed by atoms with Crippen molar-refractivity contribution < 1.29 is 35.7 Å². The van der Waals surface area contributed by atoms with E-state index in [4.69, 9.17) is 5.11 Å². The molecule has 0 aromatic carbocycles. The van der Waals surface area contributed by atoms with Crippen LogP contribution in [0.3, 0.4) is 0 Å². The maximum atomic E-state index is 11.6. The van der Waals surface area contributed by atoms with E-state index in [1.807, 2.05) is 0 Å². The fraction of sp³-hybridized carbons (Fsp3) is 1.00. The normalized spacial score (nSPS) is 23.2. The number of thioether (sulfide) groups is 7. The lowest BCUT2D eigenvalue weighted by Crippen LogP contribution is -2.42. The van der Waals surface area contributed by atoms with Crippen molar-refractivity contribution in [3.05, 3.63) is 0 Å². The molecule has 2 aliphatic carbocycles. The second kappa shape index (κ2) is 58.5. The fourth-order valence-corrected chi connectivity index (χ4v) is 24.4. The minimum absolute atomic E-state index is 0.160. The summed E-state index contributed by atoms with van der Waals surface area (Å²) in [6.45, 7) is 16.9. The Hall–Kier alpha value is 2.17. The molecule has 2 saturated carbocycles. The van der Waals surface area contributed by atoms with Gasteiger partial charge in [-0.2, -0.15) is 82.3 Å². The van der Waals surface area contributed by atoms with E-state index in [0.717, 1.165) is 152 Å². The third kappa shape index (κ3) is 41.2. The van der Waals surface area contributed by atoms with Crippen LogP contribution in [0.4, 0.5) is 0 Å².